The summed E-state index contributed by atoms with van der Waals surface area (Å²) in [5.74, 6) is 0.940. The van der Waals surface area contributed by atoms with Crippen LogP contribution in [0.5, 0.6) is 0 Å². The molecule has 0 spiro atoms. The third-order valence-corrected chi connectivity index (χ3v) is 4.55. The zero-order chi connectivity index (χ0) is 12.5. The smallest absolute Gasteiger partial charge is 0.237 e. The maximum atomic E-state index is 12.0. The second-order valence-electron chi connectivity index (χ2n) is 6.25. The molecule has 3 nitrogen and oxygen atoms in total. The van der Waals surface area contributed by atoms with Crippen LogP contribution in [-0.2, 0) is 4.79 Å². The summed E-state index contributed by atoms with van der Waals surface area (Å²) in [5, 5.41) is 3.36. The van der Waals surface area contributed by atoms with Crippen LogP contribution in [0, 0.1) is 11.3 Å². The molecule has 1 saturated carbocycles. The first-order chi connectivity index (χ1) is 8.06. The summed E-state index contributed by atoms with van der Waals surface area (Å²) >= 11 is 0. The zero-order valence-corrected chi connectivity index (χ0v) is 11.5. The molecule has 2 rings (SSSR count). The van der Waals surface area contributed by atoms with Crippen LogP contribution in [0.2, 0.25) is 0 Å². The molecule has 1 heterocycles. The van der Waals surface area contributed by atoms with Crippen molar-refractivity contribution in [2.45, 2.75) is 59.0 Å². The van der Waals surface area contributed by atoms with E-state index in [1.54, 1.807) is 0 Å². The average molecular weight is 238 g/mol. The minimum absolute atomic E-state index is 0.284. The first-order valence-electron chi connectivity index (χ1n) is 7.09. The minimum atomic E-state index is 0.284. The van der Waals surface area contributed by atoms with Gasteiger partial charge in [0.1, 0.15) is 0 Å². The molecule has 1 saturated heterocycles. The molecule has 1 atom stereocenters. The summed E-state index contributed by atoms with van der Waals surface area (Å²) < 4.78 is 0. The van der Waals surface area contributed by atoms with Crippen LogP contribution in [-0.4, -0.2) is 30.1 Å². The van der Waals surface area contributed by atoms with Gasteiger partial charge in [0.05, 0.1) is 12.7 Å². The van der Waals surface area contributed by atoms with E-state index in [-0.39, 0.29) is 6.17 Å². The first kappa shape index (κ1) is 12.9. The monoisotopic (exact) mass is 238 g/mol. The zero-order valence-electron chi connectivity index (χ0n) is 11.5. The van der Waals surface area contributed by atoms with E-state index in [0.29, 0.717) is 23.8 Å². The lowest BCUT2D eigenvalue weighted by Crippen LogP contribution is -2.47. The number of carbonyl (C=O) groups is 1. The van der Waals surface area contributed by atoms with E-state index < -0.39 is 0 Å². The van der Waals surface area contributed by atoms with Gasteiger partial charge in [0.2, 0.25) is 5.91 Å². The van der Waals surface area contributed by atoms with Crippen LogP contribution in [0.1, 0.15) is 52.9 Å². The van der Waals surface area contributed by atoms with Crippen molar-refractivity contribution in [3.8, 4) is 0 Å². The summed E-state index contributed by atoms with van der Waals surface area (Å²) in [6.07, 6.45) is 6.53. The molecule has 0 aromatic rings. The highest BCUT2D eigenvalue weighted by atomic mass is 16.2. The second-order valence-corrected chi connectivity index (χ2v) is 6.25. The molecule has 1 aliphatic carbocycles. The molecule has 1 aliphatic heterocycles. The summed E-state index contributed by atoms with van der Waals surface area (Å²) in [4.78, 5) is 14.1. The fourth-order valence-corrected chi connectivity index (χ4v) is 3.11. The van der Waals surface area contributed by atoms with Gasteiger partial charge in [0.15, 0.2) is 0 Å². The predicted molar refractivity (Wildman–Crippen MR) is 69.5 cm³/mol. The van der Waals surface area contributed by atoms with Gasteiger partial charge in [-0.05, 0) is 37.0 Å². The molecule has 0 radical (unpaired) electrons. The van der Waals surface area contributed by atoms with Gasteiger partial charge in [-0.25, -0.2) is 0 Å². The number of hydrogen-bond acceptors (Lipinski definition) is 2. The van der Waals surface area contributed by atoms with E-state index >= 15 is 0 Å². The lowest BCUT2D eigenvalue weighted by atomic mass is 9.66. The molecule has 1 unspecified atom stereocenters. The van der Waals surface area contributed by atoms with Crippen molar-refractivity contribution in [3.63, 3.8) is 0 Å². The van der Waals surface area contributed by atoms with Gasteiger partial charge in [-0.3, -0.25) is 10.1 Å². The molecule has 0 aromatic heterocycles. The Morgan fingerprint density at radius 1 is 1.47 bits per heavy atom. The quantitative estimate of drug-likeness (QED) is 0.797. The summed E-state index contributed by atoms with van der Waals surface area (Å²) in [6, 6.07) is 0. The molecule has 0 aromatic carbocycles. The summed E-state index contributed by atoms with van der Waals surface area (Å²) in [6.45, 7) is 8.23. The van der Waals surface area contributed by atoms with Gasteiger partial charge in [0, 0.05) is 6.54 Å². The minimum Gasteiger partial charge on any atom is -0.325 e. The van der Waals surface area contributed by atoms with Crippen molar-refractivity contribution < 1.29 is 4.79 Å². The van der Waals surface area contributed by atoms with Crippen LogP contribution < -0.4 is 5.32 Å². The third-order valence-electron chi connectivity index (χ3n) is 4.55. The van der Waals surface area contributed by atoms with Gasteiger partial charge in [-0.2, -0.15) is 0 Å². The highest BCUT2D eigenvalue weighted by Crippen LogP contribution is 2.45. The van der Waals surface area contributed by atoms with Gasteiger partial charge >= 0.3 is 0 Å². The van der Waals surface area contributed by atoms with Crippen LogP contribution >= 0.6 is 0 Å². The maximum Gasteiger partial charge on any atom is 0.237 e. The Balaban J connectivity index is 1.98. The van der Waals surface area contributed by atoms with Crippen LogP contribution in [0.15, 0.2) is 0 Å². The van der Waals surface area contributed by atoms with Crippen molar-refractivity contribution in [3.05, 3.63) is 0 Å². The Hall–Kier alpha value is -0.570. The number of nitrogens with one attached hydrogen (secondary N) is 1. The van der Waals surface area contributed by atoms with Crippen LogP contribution in [0.4, 0.5) is 0 Å². The Labute approximate surface area is 105 Å². The van der Waals surface area contributed by atoms with E-state index in [1.807, 2.05) is 0 Å². The molecule has 17 heavy (non-hydrogen) atoms. The van der Waals surface area contributed by atoms with E-state index in [1.165, 1.54) is 25.7 Å². The topological polar surface area (TPSA) is 32.3 Å². The normalized spacial score (nSPS) is 27.6. The standard InChI is InChI=1S/C14H26N2O/c1-4-14(6-5-7-14)10-16-12(8-11(2)3)15-9-13(16)17/h11-12,15H,4-10H2,1-3H3. The van der Waals surface area contributed by atoms with E-state index in [9.17, 15) is 4.79 Å². The fraction of sp³-hybridized carbons (Fsp3) is 0.929. The molecule has 98 valence electrons. The first-order valence-corrected chi connectivity index (χ1v) is 7.09. The van der Waals surface area contributed by atoms with E-state index in [0.717, 1.165) is 13.0 Å². The highest BCUT2D eigenvalue weighted by molar-refractivity contribution is 5.80. The van der Waals surface area contributed by atoms with Crippen molar-refractivity contribution in [1.82, 2.24) is 10.2 Å². The van der Waals surface area contributed by atoms with E-state index in [2.05, 4.69) is 31.0 Å². The Bertz CT molecular complexity index is 278. The number of carbonyl (C=O) groups excluding carboxylic acids is 1. The molecule has 1 N–H and O–H groups in total. The lowest BCUT2D eigenvalue weighted by molar-refractivity contribution is -0.131. The van der Waals surface area contributed by atoms with Gasteiger partial charge in [-0.15, -0.1) is 0 Å². The Morgan fingerprint density at radius 2 is 2.18 bits per heavy atom. The van der Waals surface area contributed by atoms with Crippen molar-refractivity contribution >= 4 is 5.91 Å². The number of amides is 1. The van der Waals surface area contributed by atoms with Gasteiger partial charge < -0.3 is 4.90 Å². The lowest BCUT2D eigenvalue weighted by Gasteiger charge is -2.45. The summed E-state index contributed by atoms with van der Waals surface area (Å²) in [7, 11) is 0. The number of rotatable bonds is 5. The summed E-state index contributed by atoms with van der Waals surface area (Å²) in [5.41, 5.74) is 0.441. The largest absolute Gasteiger partial charge is 0.325 e. The highest BCUT2D eigenvalue weighted by Gasteiger charge is 2.41. The molecular formula is C14H26N2O. The predicted octanol–water partition coefficient (Wildman–Crippen LogP) is 2.37. The Morgan fingerprint density at radius 3 is 2.65 bits per heavy atom. The fourth-order valence-electron chi connectivity index (χ4n) is 3.11. The number of nitrogens with zero attached hydrogens (tertiary/aromatic N) is 1. The molecule has 0 bridgehead atoms. The van der Waals surface area contributed by atoms with Crippen molar-refractivity contribution in [2.75, 3.05) is 13.1 Å². The number of hydrogen-bond donors (Lipinski definition) is 1. The molecule has 1 amide bonds. The third kappa shape index (κ3) is 2.65. The molecule has 3 heteroatoms. The second kappa shape index (κ2) is 4.97. The van der Waals surface area contributed by atoms with Crippen molar-refractivity contribution in [1.29, 1.82) is 0 Å². The van der Waals surface area contributed by atoms with Gasteiger partial charge in [-0.1, -0.05) is 27.2 Å². The van der Waals surface area contributed by atoms with Crippen LogP contribution in [0.25, 0.3) is 0 Å². The van der Waals surface area contributed by atoms with E-state index in [4.69, 9.17) is 0 Å². The Kier molecular flexibility index (Phi) is 3.76. The average Bonchev–Trinajstić information content (AvgIpc) is 2.54. The molecule has 2 fully saturated rings. The maximum absolute atomic E-state index is 12.0. The molecule has 2 aliphatic rings. The SMILES string of the molecule is CCC1(CN2C(=O)CNC2CC(C)C)CCC1. The van der Waals surface area contributed by atoms with Crippen LogP contribution in [0.3, 0.4) is 0 Å². The van der Waals surface area contributed by atoms with Crippen molar-refractivity contribution in [2.24, 2.45) is 11.3 Å². The van der Waals surface area contributed by atoms with Gasteiger partial charge in [0.25, 0.3) is 0 Å². The molecular weight excluding hydrogens is 212 g/mol.